The molecule has 1 aliphatic heterocycles. The van der Waals surface area contributed by atoms with Gasteiger partial charge in [-0.25, -0.2) is 4.99 Å². The zero-order valence-corrected chi connectivity index (χ0v) is 10.0. The minimum atomic E-state index is -0.327. The molecule has 92 valence electrons. The van der Waals surface area contributed by atoms with Crippen LogP contribution in [0.1, 0.15) is 12.5 Å². The summed E-state index contributed by atoms with van der Waals surface area (Å²) < 4.78 is 0. The van der Waals surface area contributed by atoms with E-state index in [9.17, 15) is 14.7 Å². The van der Waals surface area contributed by atoms with E-state index in [1.165, 1.54) is 31.0 Å². The van der Waals surface area contributed by atoms with Crippen LogP contribution < -0.4 is 5.11 Å². The molecule has 0 atom stereocenters. The minimum Gasteiger partial charge on any atom is -0.872 e. The Bertz CT molecular complexity index is 570. The second-order valence-corrected chi connectivity index (χ2v) is 3.95. The first kappa shape index (κ1) is 12.0. The molecule has 0 fully saturated rings. The monoisotopic (exact) mass is 243 g/mol. The van der Waals surface area contributed by atoms with Crippen LogP contribution in [0.5, 0.6) is 5.75 Å². The normalized spacial score (nSPS) is 17.2. The Morgan fingerprint density at radius 2 is 1.94 bits per heavy atom. The Hall–Kier alpha value is -2.43. The molecule has 1 aromatic carbocycles. The van der Waals surface area contributed by atoms with Gasteiger partial charge in [-0.3, -0.25) is 14.5 Å². The number of rotatable bonds is 2. The molecule has 0 saturated carbocycles. The third-order valence-corrected chi connectivity index (χ3v) is 2.57. The van der Waals surface area contributed by atoms with Gasteiger partial charge in [0.25, 0.3) is 5.91 Å². The van der Waals surface area contributed by atoms with E-state index in [1.54, 1.807) is 18.2 Å². The van der Waals surface area contributed by atoms with Crippen molar-refractivity contribution in [3.05, 3.63) is 35.5 Å². The standard InChI is InChI=1S/C13H12N2O3/c1-8(16)12-14-11(13(18)15(12)2)7-9-3-5-10(17)6-4-9/h3-7,17H,1-2H3/p-1. The van der Waals surface area contributed by atoms with Crippen LogP contribution in [-0.4, -0.2) is 29.5 Å². The van der Waals surface area contributed by atoms with E-state index in [4.69, 9.17) is 0 Å². The highest BCUT2D eigenvalue weighted by atomic mass is 16.3. The van der Waals surface area contributed by atoms with Crippen LogP contribution in [0.15, 0.2) is 35.0 Å². The molecule has 18 heavy (non-hydrogen) atoms. The number of ketones is 1. The summed E-state index contributed by atoms with van der Waals surface area (Å²) in [5.41, 5.74) is 0.890. The van der Waals surface area contributed by atoms with Crippen LogP contribution in [0.2, 0.25) is 0 Å². The highest BCUT2D eigenvalue weighted by Gasteiger charge is 2.29. The first-order chi connectivity index (χ1) is 8.49. The zero-order chi connectivity index (χ0) is 13.3. The molecule has 5 heteroatoms. The van der Waals surface area contributed by atoms with Gasteiger partial charge < -0.3 is 5.11 Å². The van der Waals surface area contributed by atoms with Gasteiger partial charge in [0.1, 0.15) is 5.70 Å². The number of likely N-dealkylation sites (N-methyl/N-ethyl adjacent to an activating group) is 1. The Morgan fingerprint density at radius 3 is 2.44 bits per heavy atom. The Labute approximate surface area is 104 Å². The number of benzene rings is 1. The van der Waals surface area contributed by atoms with Crippen LogP contribution in [0.4, 0.5) is 0 Å². The molecule has 0 aliphatic carbocycles. The molecule has 0 N–H and O–H groups in total. The Kier molecular flexibility index (Phi) is 2.97. The fraction of sp³-hybridized carbons (Fsp3) is 0.154. The van der Waals surface area contributed by atoms with Crippen molar-refractivity contribution >= 4 is 23.6 Å². The summed E-state index contributed by atoms with van der Waals surface area (Å²) in [6.45, 7) is 1.36. The molecule has 1 heterocycles. The molecule has 0 saturated heterocycles. The van der Waals surface area contributed by atoms with E-state index in [2.05, 4.69) is 4.99 Å². The van der Waals surface area contributed by atoms with Gasteiger partial charge in [-0.2, -0.15) is 0 Å². The average Bonchev–Trinajstić information content (AvgIpc) is 2.60. The molecule has 1 aromatic rings. The molecule has 5 nitrogen and oxygen atoms in total. The van der Waals surface area contributed by atoms with Crippen LogP contribution in [0, 0.1) is 0 Å². The molecule has 0 radical (unpaired) electrons. The van der Waals surface area contributed by atoms with E-state index >= 15 is 0 Å². The van der Waals surface area contributed by atoms with Gasteiger partial charge in [-0.1, -0.05) is 24.3 Å². The number of amides is 1. The van der Waals surface area contributed by atoms with Gasteiger partial charge >= 0.3 is 0 Å². The van der Waals surface area contributed by atoms with Crippen LogP contribution >= 0.6 is 0 Å². The van der Waals surface area contributed by atoms with E-state index in [0.717, 1.165) is 0 Å². The predicted molar refractivity (Wildman–Crippen MR) is 64.8 cm³/mol. The summed E-state index contributed by atoms with van der Waals surface area (Å²) in [4.78, 5) is 28.3. The summed E-state index contributed by atoms with van der Waals surface area (Å²) in [6.07, 6.45) is 1.55. The van der Waals surface area contributed by atoms with Gasteiger partial charge in [0.15, 0.2) is 11.6 Å². The summed E-state index contributed by atoms with van der Waals surface area (Å²) >= 11 is 0. The van der Waals surface area contributed by atoms with Crippen molar-refractivity contribution in [3.63, 3.8) is 0 Å². The van der Waals surface area contributed by atoms with Gasteiger partial charge in [-0.05, 0) is 11.6 Å². The van der Waals surface area contributed by atoms with E-state index < -0.39 is 0 Å². The predicted octanol–water partition coefficient (Wildman–Crippen LogP) is 0.561. The summed E-state index contributed by atoms with van der Waals surface area (Å²) in [5.74, 6) is -0.554. The van der Waals surface area contributed by atoms with Crippen LogP contribution in [0.25, 0.3) is 6.08 Å². The smallest absolute Gasteiger partial charge is 0.277 e. The number of hydrogen-bond acceptors (Lipinski definition) is 4. The van der Waals surface area contributed by atoms with Crippen LogP contribution in [-0.2, 0) is 9.59 Å². The van der Waals surface area contributed by atoms with Crippen molar-refractivity contribution in [2.45, 2.75) is 6.92 Å². The molecule has 2 rings (SSSR count). The van der Waals surface area contributed by atoms with Gasteiger partial charge in [0, 0.05) is 14.0 Å². The lowest BCUT2D eigenvalue weighted by Crippen LogP contribution is -2.31. The maximum Gasteiger partial charge on any atom is 0.277 e. The summed E-state index contributed by atoms with van der Waals surface area (Å²) in [7, 11) is 1.50. The number of carbonyl (C=O) groups is 2. The van der Waals surface area contributed by atoms with Crippen molar-refractivity contribution in [1.29, 1.82) is 0 Å². The lowest BCUT2D eigenvalue weighted by molar-refractivity contribution is -0.268. The van der Waals surface area contributed by atoms with E-state index in [1.807, 2.05) is 0 Å². The Balaban J connectivity index is 2.37. The van der Waals surface area contributed by atoms with Crippen LogP contribution in [0.3, 0.4) is 0 Å². The highest BCUT2D eigenvalue weighted by Crippen LogP contribution is 2.18. The van der Waals surface area contributed by atoms with Gasteiger partial charge in [0.05, 0.1) is 0 Å². The molecule has 0 unspecified atom stereocenters. The molecule has 0 spiro atoms. The first-order valence-electron chi connectivity index (χ1n) is 5.35. The van der Waals surface area contributed by atoms with E-state index in [0.29, 0.717) is 5.56 Å². The molecular formula is C13H11N2O3-. The SMILES string of the molecule is CC(=O)C1=NC(=Cc2ccc([O-])cc2)C(=O)N1C. The molecule has 0 bridgehead atoms. The van der Waals surface area contributed by atoms with E-state index in [-0.39, 0.29) is 29.0 Å². The number of Topliss-reactive ketones (excluding diaryl/α,β-unsaturated/α-hetero) is 1. The third kappa shape index (κ3) is 2.15. The fourth-order valence-electron chi connectivity index (χ4n) is 1.64. The van der Waals surface area contributed by atoms with Gasteiger partial charge in [-0.15, -0.1) is 5.75 Å². The maximum absolute atomic E-state index is 11.8. The minimum absolute atomic E-state index is 0.0973. The molecular weight excluding hydrogens is 232 g/mol. The summed E-state index contributed by atoms with van der Waals surface area (Å²) in [5, 5.41) is 10.9. The number of amidine groups is 1. The van der Waals surface area contributed by atoms with Crippen molar-refractivity contribution in [3.8, 4) is 5.75 Å². The van der Waals surface area contributed by atoms with Crippen molar-refractivity contribution in [2.75, 3.05) is 7.05 Å². The summed E-state index contributed by atoms with van der Waals surface area (Å²) in [6, 6.07) is 6.02. The topological polar surface area (TPSA) is 72.8 Å². The zero-order valence-electron chi connectivity index (χ0n) is 10.0. The average molecular weight is 243 g/mol. The first-order valence-corrected chi connectivity index (χ1v) is 5.35. The number of carbonyl (C=O) groups excluding carboxylic acids is 2. The number of nitrogens with zero attached hydrogens (tertiary/aromatic N) is 2. The molecule has 1 amide bonds. The maximum atomic E-state index is 11.8. The van der Waals surface area contributed by atoms with Crippen molar-refractivity contribution < 1.29 is 14.7 Å². The Morgan fingerprint density at radius 1 is 1.33 bits per heavy atom. The third-order valence-electron chi connectivity index (χ3n) is 2.57. The van der Waals surface area contributed by atoms with Crippen molar-refractivity contribution in [1.82, 2.24) is 4.90 Å². The lowest BCUT2D eigenvalue weighted by Gasteiger charge is -2.07. The largest absolute Gasteiger partial charge is 0.872 e. The van der Waals surface area contributed by atoms with Gasteiger partial charge in [0.2, 0.25) is 0 Å². The lowest BCUT2D eigenvalue weighted by atomic mass is 10.2. The molecule has 1 aliphatic rings. The second kappa shape index (κ2) is 4.44. The quantitative estimate of drug-likeness (QED) is 0.712. The highest BCUT2D eigenvalue weighted by molar-refractivity contribution is 6.43. The van der Waals surface area contributed by atoms with Crippen molar-refractivity contribution in [2.24, 2.45) is 4.99 Å². The number of aliphatic imine (C=N–C) groups is 1. The second-order valence-electron chi connectivity index (χ2n) is 3.95. The fourth-order valence-corrected chi connectivity index (χ4v) is 1.64. The molecule has 0 aromatic heterocycles. The number of hydrogen-bond donors (Lipinski definition) is 0.